The number of hydrogen-bond acceptors (Lipinski definition) is 5. The van der Waals surface area contributed by atoms with Crippen molar-refractivity contribution < 1.29 is 17.7 Å². The van der Waals surface area contributed by atoms with E-state index in [-0.39, 0.29) is 25.2 Å². The van der Waals surface area contributed by atoms with Crippen LogP contribution in [-0.2, 0) is 10.0 Å². The van der Waals surface area contributed by atoms with Crippen LogP contribution in [0.4, 0.5) is 10.1 Å². The maximum absolute atomic E-state index is 13.9. The Morgan fingerprint density at radius 2 is 1.90 bits per heavy atom. The third-order valence-electron chi connectivity index (χ3n) is 3.27. The normalized spacial score (nSPS) is 24.0. The topological polar surface area (TPSA) is 92.5 Å². The molecule has 0 spiro atoms. The van der Waals surface area contributed by atoms with Gasteiger partial charge in [0.05, 0.1) is 11.0 Å². The molecule has 116 valence electrons. The maximum Gasteiger partial charge on any atom is 0.272 e. The zero-order chi connectivity index (χ0) is 15.8. The van der Waals surface area contributed by atoms with Crippen molar-refractivity contribution in [3.8, 4) is 0 Å². The van der Waals surface area contributed by atoms with E-state index >= 15 is 0 Å². The van der Waals surface area contributed by atoms with Gasteiger partial charge >= 0.3 is 0 Å². The molecule has 2 unspecified atom stereocenters. The zero-order valence-electron chi connectivity index (χ0n) is 11.6. The molecule has 0 saturated carbocycles. The van der Waals surface area contributed by atoms with Gasteiger partial charge in [0.1, 0.15) is 10.7 Å². The third-order valence-corrected chi connectivity index (χ3v) is 5.13. The molecule has 7 nitrogen and oxygen atoms in total. The number of sulfonamides is 1. The fraction of sp³-hybridized carbons (Fsp3) is 0.500. The van der Waals surface area contributed by atoms with Gasteiger partial charge in [0, 0.05) is 31.2 Å². The van der Waals surface area contributed by atoms with Gasteiger partial charge in [-0.15, -0.1) is 0 Å². The van der Waals surface area contributed by atoms with Crippen molar-refractivity contribution in [2.45, 2.75) is 30.8 Å². The highest BCUT2D eigenvalue weighted by atomic mass is 32.2. The SMILES string of the molecule is CC1CN(S(=O)(=O)c2ccc([N+](=O)[O-])cc2F)CC(C)N1. The molecular formula is C12H16FN3O4S. The lowest BCUT2D eigenvalue weighted by Crippen LogP contribution is -2.55. The second kappa shape index (κ2) is 5.66. The monoisotopic (exact) mass is 317 g/mol. The van der Waals surface area contributed by atoms with Crippen LogP contribution in [0.3, 0.4) is 0 Å². The van der Waals surface area contributed by atoms with Crippen LogP contribution in [0.5, 0.6) is 0 Å². The Balaban J connectivity index is 2.37. The summed E-state index contributed by atoms with van der Waals surface area (Å²) in [5, 5.41) is 13.8. The lowest BCUT2D eigenvalue weighted by Gasteiger charge is -2.35. The van der Waals surface area contributed by atoms with Gasteiger partial charge in [-0.1, -0.05) is 0 Å². The Bertz CT molecular complexity index is 654. The quantitative estimate of drug-likeness (QED) is 0.666. The Morgan fingerprint density at radius 3 is 2.38 bits per heavy atom. The van der Waals surface area contributed by atoms with Gasteiger partial charge in [-0.05, 0) is 19.9 Å². The first-order valence-corrected chi connectivity index (χ1v) is 7.86. The van der Waals surface area contributed by atoms with E-state index in [0.717, 1.165) is 12.1 Å². The van der Waals surface area contributed by atoms with E-state index in [1.165, 1.54) is 4.31 Å². The Labute approximate surface area is 122 Å². The van der Waals surface area contributed by atoms with Gasteiger partial charge in [-0.3, -0.25) is 10.1 Å². The Kier molecular flexibility index (Phi) is 4.26. The highest BCUT2D eigenvalue weighted by Crippen LogP contribution is 2.24. The maximum atomic E-state index is 13.9. The highest BCUT2D eigenvalue weighted by Gasteiger charge is 2.33. The molecule has 9 heteroatoms. The molecule has 0 aliphatic carbocycles. The fourth-order valence-electron chi connectivity index (χ4n) is 2.42. The van der Waals surface area contributed by atoms with Crippen LogP contribution >= 0.6 is 0 Å². The van der Waals surface area contributed by atoms with Crippen molar-refractivity contribution >= 4 is 15.7 Å². The summed E-state index contributed by atoms with van der Waals surface area (Å²) < 4.78 is 40.1. The van der Waals surface area contributed by atoms with Crippen molar-refractivity contribution in [2.24, 2.45) is 0 Å². The first-order valence-electron chi connectivity index (χ1n) is 6.42. The van der Waals surface area contributed by atoms with Crippen LogP contribution in [0.1, 0.15) is 13.8 Å². The van der Waals surface area contributed by atoms with Crippen LogP contribution in [0, 0.1) is 15.9 Å². The highest BCUT2D eigenvalue weighted by molar-refractivity contribution is 7.89. The number of rotatable bonds is 3. The minimum Gasteiger partial charge on any atom is -0.309 e. The van der Waals surface area contributed by atoms with Crippen molar-refractivity contribution in [2.75, 3.05) is 13.1 Å². The molecule has 1 aliphatic rings. The first-order chi connectivity index (χ1) is 9.71. The lowest BCUT2D eigenvalue weighted by atomic mass is 10.2. The largest absolute Gasteiger partial charge is 0.309 e. The third kappa shape index (κ3) is 3.20. The number of benzene rings is 1. The average Bonchev–Trinajstić information content (AvgIpc) is 2.36. The van der Waals surface area contributed by atoms with E-state index in [4.69, 9.17) is 0 Å². The van der Waals surface area contributed by atoms with Gasteiger partial charge in [0.2, 0.25) is 10.0 Å². The van der Waals surface area contributed by atoms with Gasteiger partial charge in [-0.25, -0.2) is 12.8 Å². The number of piperazine rings is 1. The second-order valence-corrected chi connectivity index (χ2v) is 7.07. The summed E-state index contributed by atoms with van der Waals surface area (Å²) in [7, 11) is -4.01. The van der Waals surface area contributed by atoms with E-state index in [0.29, 0.717) is 6.07 Å². The molecule has 2 rings (SSSR count). The molecule has 1 N–H and O–H groups in total. The van der Waals surface area contributed by atoms with E-state index < -0.39 is 31.3 Å². The van der Waals surface area contributed by atoms with Crippen LogP contribution < -0.4 is 5.32 Å². The summed E-state index contributed by atoms with van der Waals surface area (Å²) >= 11 is 0. The molecule has 1 aromatic carbocycles. The number of halogens is 1. The summed E-state index contributed by atoms with van der Waals surface area (Å²) in [6.07, 6.45) is 0. The van der Waals surface area contributed by atoms with Crippen molar-refractivity contribution in [1.82, 2.24) is 9.62 Å². The summed E-state index contributed by atoms with van der Waals surface area (Å²) in [6, 6.07) is 2.46. The predicted octanol–water partition coefficient (Wildman–Crippen LogP) is 1.10. The molecule has 0 aromatic heterocycles. The molecule has 0 bridgehead atoms. The molecule has 1 aliphatic heterocycles. The average molecular weight is 317 g/mol. The number of nitro groups is 1. The van der Waals surface area contributed by atoms with Gasteiger partial charge < -0.3 is 5.32 Å². The number of nitro benzene ring substituents is 1. The predicted molar refractivity (Wildman–Crippen MR) is 73.9 cm³/mol. The standard InChI is InChI=1S/C12H16FN3O4S/c1-8-6-15(7-9(2)14-8)21(19,20)12-4-3-10(16(17)18)5-11(12)13/h3-5,8-9,14H,6-7H2,1-2H3. The van der Waals surface area contributed by atoms with Crippen molar-refractivity contribution in [3.05, 3.63) is 34.1 Å². The van der Waals surface area contributed by atoms with Gasteiger partial charge in [-0.2, -0.15) is 4.31 Å². The molecule has 1 aromatic rings. The van der Waals surface area contributed by atoms with E-state index in [1.807, 2.05) is 13.8 Å². The molecular weight excluding hydrogens is 301 g/mol. The molecule has 0 radical (unpaired) electrons. The minimum absolute atomic E-state index is 0.0513. The molecule has 0 amide bonds. The number of non-ortho nitro benzene ring substituents is 1. The minimum atomic E-state index is -4.01. The Hall–Kier alpha value is -1.58. The summed E-state index contributed by atoms with van der Waals surface area (Å²) in [5.41, 5.74) is -0.478. The molecule has 1 fully saturated rings. The lowest BCUT2D eigenvalue weighted by molar-refractivity contribution is -0.385. The number of nitrogens with one attached hydrogen (secondary N) is 1. The summed E-state index contributed by atoms with van der Waals surface area (Å²) in [4.78, 5) is 9.27. The first kappa shape index (κ1) is 15.8. The van der Waals surface area contributed by atoms with Crippen molar-refractivity contribution in [1.29, 1.82) is 0 Å². The Morgan fingerprint density at radius 1 is 1.33 bits per heavy atom. The van der Waals surface area contributed by atoms with Crippen LogP contribution in [0.2, 0.25) is 0 Å². The molecule has 2 atom stereocenters. The van der Waals surface area contributed by atoms with E-state index in [9.17, 15) is 22.9 Å². The van der Waals surface area contributed by atoms with E-state index in [1.54, 1.807) is 0 Å². The number of nitrogens with zero attached hydrogens (tertiary/aromatic N) is 2. The summed E-state index contributed by atoms with van der Waals surface area (Å²) in [6.45, 7) is 4.13. The summed E-state index contributed by atoms with van der Waals surface area (Å²) in [5.74, 6) is -1.11. The zero-order valence-corrected chi connectivity index (χ0v) is 12.4. The molecule has 1 heterocycles. The van der Waals surface area contributed by atoms with Crippen LogP contribution in [-0.4, -0.2) is 42.8 Å². The molecule has 21 heavy (non-hydrogen) atoms. The smallest absolute Gasteiger partial charge is 0.272 e. The second-order valence-electron chi connectivity index (χ2n) is 5.16. The molecule has 1 saturated heterocycles. The van der Waals surface area contributed by atoms with Gasteiger partial charge in [0.25, 0.3) is 5.69 Å². The van der Waals surface area contributed by atoms with Crippen LogP contribution in [0.25, 0.3) is 0 Å². The number of hydrogen-bond donors (Lipinski definition) is 1. The van der Waals surface area contributed by atoms with Crippen LogP contribution in [0.15, 0.2) is 23.1 Å². The fourth-order valence-corrected chi connectivity index (χ4v) is 4.09. The van der Waals surface area contributed by atoms with E-state index in [2.05, 4.69) is 5.32 Å². The van der Waals surface area contributed by atoms with Crippen molar-refractivity contribution in [3.63, 3.8) is 0 Å². The van der Waals surface area contributed by atoms with Gasteiger partial charge in [0.15, 0.2) is 0 Å².